The number of ether oxygens (including phenoxy) is 3. The maximum atomic E-state index is 13.3. The summed E-state index contributed by atoms with van der Waals surface area (Å²) in [5.74, 6) is 4.07. The molecule has 3 atom stereocenters. The van der Waals surface area contributed by atoms with Crippen LogP contribution in [0.3, 0.4) is 0 Å². The number of amides is 1. The van der Waals surface area contributed by atoms with Crippen molar-refractivity contribution in [2.24, 2.45) is 23.7 Å². The Kier molecular flexibility index (Phi) is 11.1. The zero-order valence-corrected chi connectivity index (χ0v) is 24.4. The Balaban J connectivity index is 1.38. The maximum absolute atomic E-state index is 13.3. The van der Waals surface area contributed by atoms with Crippen molar-refractivity contribution in [2.45, 2.75) is 58.4 Å². The van der Waals surface area contributed by atoms with Crippen molar-refractivity contribution in [1.82, 2.24) is 10.2 Å². The molecular weight excluding hydrogens is 488 g/mol. The number of rotatable bonds is 16. The highest BCUT2D eigenvalue weighted by atomic mass is 16.5. The van der Waals surface area contributed by atoms with E-state index >= 15 is 0 Å². The van der Waals surface area contributed by atoms with E-state index < -0.39 is 0 Å². The minimum absolute atomic E-state index is 0.283. The zero-order chi connectivity index (χ0) is 27.6. The molecule has 1 amide bonds. The third kappa shape index (κ3) is 8.71. The number of methoxy groups -OCH3 is 2. The number of hydrogen-bond donors (Lipinski definition) is 1. The van der Waals surface area contributed by atoms with Gasteiger partial charge in [-0.1, -0.05) is 50.2 Å². The summed E-state index contributed by atoms with van der Waals surface area (Å²) < 4.78 is 16.8. The van der Waals surface area contributed by atoms with E-state index in [1.165, 1.54) is 5.56 Å². The predicted octanol–water partition coefficient (Wildman–Crippen LogP) is 5.38. The Morgan fingerprint density at radius 3 is 2.44 bits per heavy atom. The molecule has 1 heterocycles. The van der Waals surface area contributed by atoms with Crippen molar-refractivity contribution in [3.05, 3.63) is 59.7 Å². The highest BCUT2D eigenvalue weighted by Crippen LogP contribution is 2.35. The standard InChI is InChI=1S/C33H48N2O4/c1-24(2)27(17-26-11-14-31(38-4)32(18-26)39-16-8-15-37-3)20-28-21-34-22-29(28)23-35(30-12-13-30)33(36)19-25-9-6-5-7-10-25/h5-7,9-11,14,18,24,27-30,34H,8,12-13,15-17,19-23H2,1-4H3/t27-,28-,29+/m0/s1. The molecule has 2 aromatic rings. The van der Waals surface area contributed by atoms with Crippen LogP contribution in [0.25, 0.3) is 0 Å². The summed E-state index contributed by atoms with van der Waals surface area (Å²) in [7, 11) is 3.40. The predicted molar refractivity (Wildman–Crippen MR) is 156 cm³/mol. The van der Waals surface area contributed by atoms with E-state index in [1.807, 2.05) is 24.3 Å². The lowest BCUT2D eigenvalue weighted by Crippen LogP contribution is -2.40. The van der Waals surface area contributed by atoms with Crippen LogP contribution >= 0.6 is 0 Å². The first kappa shape index (κ1) is 29.4. The fourth-order valence-corrected chi connectivity index (χ4v) is 5.87. The van der Waals surface area contributed by atoms with E-state index in [4.69, 9.17) is 14.2 Å². The van der Waals surface area contributed by atoms with E-state index in [1.54, 1.807) is 14.2 Å². The average Bonchev–Trinajstić information content (AvgIpc) is 3.69. The van der Waals surface area contributed by atoms with Gasteiger partial charge in [0.15, 0.2) is 11.5 Å². The van der Waals surface area contributed by atoms with Gasteiger partial charge < -0.3 is 24.4 Å². The van der Waals surface area contributed by atoms with Crippen molar-refractivity contribution in [3.8, 4) is 11.5 Å². The number of nitrogens with one attached hydrogen (secondary N) is 1. The number of hydrogen-bond acceptors (Lipinski definition) is 5. The van der Waals surface area contributed by atoms with Crippen LogP contribution in [0.1, 0.15) is 50.7 Å². The first-order chi connectivity index (χ1) is 19.0. The van der Waals surface area contributed by atoms with Crippen LogP contribution in [-0.2, 0) is 22.4 Å². The smallest absolute Gasteiger partial charge is 0.227 e. The number of nitrogens with zero attached hydrogens (tertiary/aromatic N) is 1. The largest absolute Gasteiger partial charge is 0.493 e. The van der Waals surface area contributed by atoms with Gasteiger partial charge >= 0.3 is 0 Å². The quantitative estimate of drug-likeness (QED) is 0.292. The van der Waals surface area contributed by atoms with Gasteiger partial charge in [0.2, 0.25) is 5.91 Å². The van der Waals surface area contributed by atoms with Gasteiger partial charge in [0.1, 0.15) is 0 Å². The molecule has 0 spiro atoms. The molecule has 1 N–H and O–H groups in total. The third-order valence-corrected chi connectivity index (χ3v) is 8.44. The Hall–Kier alpha value is -2.57. The van der Waals surface area contributed by atoms with Gasteiger partial charge in [-0.25, -0.2) is 0 Å². The van der Waals surface area contributed by atoms with Crippen molar-refractivity contribution >= 4 is 5.91 Å². The van der Waals surface area contributed by atoms with E-state index in [-0.39, 0.29) is 5.91 Å². The first-order valence-corrected chi connectivity index (χ1v) is 14.8. The molecule has 1 saturated heterocycles. The van der Waals surface area contributed by atoms with Crippen molar-refractivity contribution in [2.75, 3.05) is 47.1 Å². The Bertz CT molecular complexity index is 1020. The number of carbonyl (C=O) groups is 1. The first-order valence-electron chi connectivity index (χ1n) is 14.8. The van der Waals surface area contributed by atoms with Gasteiger partial charge in [-0.05, 0) is 85.7 Å². The summed E-state index contributed by atoms with van der Waals surface area (Å²) in [6.45, 7) is 8.89. The molecule has 6 heteroatoms. The van der Waals surface area contributed by atoms with Crippen LogP contribution < -0.4 is 14.8 Å². The lowest BCUT2D eigenvalue weighted by Gasteiger charge is -2.31. The molecule has 1 aliphatic heterocycles. The number of carbonyl (C=O) groups excluding carboxylic acids is 1. The van der Waals surface area contributed by atoms with Gasteiger partial charge in [-0.2, -0.15) is 0 Å². The van der Waals surface area contributed by atoms with Crippen molar-refractivity contribution in [1.29, 1.82) is 0 Å². The summed E-state index contributed by atoms with van der Waals surface area (Å²) in [6, 6.07) is 17.0. The van der Waals surface area contributed by atoms with E-state index in [0.29, 0.717) is 49.3 Å². The van der Waals surface area contributed by atoms with E-state index in [2.05, 4.69) is 48.3 Å². The minimum Gasteiger partial charge on any atom is -0.493 e. The van der Waals surface area contributed by atoms with Gasteiger partial charge in [0, 0.05) is 32.7 Å². The molecule has 0 aromatic heterocycles. The normalized spacial score (nSPS) is 19.7. The van der Waals surface area contributed by atoms with E-state index in [0.717, 1.165) is 68.8 Å². The van der Waals surface area contributed by atoms with Gasteiger partial charge in [0.25, 0.3) is 0 Å². The second kappa shape index (κ2) is 14.7. The molecule has 6 nitrogen and oxygen atoms in total. The third-order valence-electron chi connectivity index (χ3n) is 8.44. The molecule has 214 valence electrons. The Morgan fingerprint density at radius 1 is 0.974 bits per heavy atom. The molecule has 0 bridgehead atoms. The van der Waals surface area contributed by atoms with Crippen molar-refractivity contribution < 1.29 is 19.0 Å². The molecule has 0 radical (unpaired) electrons. The van der Waals surface area contributed by atoms with Crippen LogP contribution in [0.15, 0.2) is 48.5 Å². The second-order valence-corrected chi connectivity index (χ2v) is 11.7. The van der Waals surface area contributed by atoms with Crippen LogP contribution in [0.4, 0.5) is 0 Å². The lowest BCUT2D eigenvalue weighted by molar-refractivity contribution is -0.131. The molecule has 4 rings (SSSR count). The topological polar surface area (TPSA) is 60.0 Å². The van der Waals surface area contributed by atoms with Crippen LogP contribution in [0.2, 0.25) is 0 Å². The SMILES string of the molecule is COCCCOc1cc(C[C@@H](C[C@H]2CNC[C@@H]2CN(C(=O)Cc2ccccc2)C2CC2)C(C)C)ccc1OC. The van der Waals surface area contributed by atoms with Crippen LogP contribution in [-0.4, -0.2) is 63.9 Å². The Labute approximate surface area is 235 Å². The van der Waals surface area contributed by atoms with Crippen molar-refractivity contribution in [3.63, 3.8) is 0 Å². The van der Waals surface area contributed by atoms with Crippen LogP contribution in [0, 0.1) is 23.7 Å². The summed E-state index contributed by atoms with van der Waals surface area (Å²) in [6.07, 6.45) is 5.82. The molecule has 2 aliphatic rings. The molecular formula is C33H48N2O4. The van der Waals surface area contributed by atoms with Gasteiger partial charge in [-0.15, -0.1) is 0 Å². The molecule has 1 saturated carbocycles. The molecule has 0 unspecified atom stereocenters. The molecule has 2 fully saturated rings. The second-order valence-electron chi connectivity index (χ2n) is 11.7. The minimum atomic E-state index is 0.283. The summed E-state index contributed by atoms with van der Waals surface area (Å²) in [5, 5.41) is 3.66. The monoisotopic (exact) mass is 536 g/mol. The zero-order valence-electron chi connectivity index (χ0n) is 24.4. The highest BCUT2D eigenvalue weighted by Gasteiger charge is 2.38. The fraction of sp³-hybridized carbons (Fsp3) is 0.606. The van der Waals surface area contributed by atoms with Crippen LogP contribution in [0.5, 0.6) is 11.5 Å². The molecule has 2 aromatic carbocycles. The Morgan fingerprint density at radius 2 is 1.74 bits per heavy atom. The van der Waals surface area contributed by atoms with Gasteiger partial charge in [0.05, 0.1) is 20.1 Å². The molecule has 39 heavy (non-hydrogen) atoms. The summed E-state index contributed by atoms with van der Waals surface area (Å²) in [5.41, 5.74) is 2.40. The number of benzene rings is 2. The maximum Gasteiger partial charge on any atom is 0.227 e. The molecule has 1 aliphatic carbocycles. The lowest BCUT2D eigenvalue weighted by atomic mass is 9.78. The van der Waals surface area contributed by atoms with Gasteiger partial charge in [-0.3, -0.25) is 4.79 Å². The highest BCUT2D eigenvalue weighted by molar-refractivity contribution is 5.79. The van der Waals surface area contributed by atoms with E-state index in [9.17, 15) is 4.79 Å². The average molecular weight is 537 g/mol. The summed E-state index contributed by atoms with van der Waals surface area (Å²) >= 11 is 0. The fourth-order valence-electron chi connectivity index (χ4n) is 5.87. The summed E-state index contributed by atoms with van der Waals surface area (Å²) in [4.78, 5) is 15.5.